The van der Waals surface area contributed by atoms with Gasteiger partial charge in [-0.25, -0.2) is 0 Å². The van der Waals surface area contributed by atoms with Gasteiger partial charge in [0.15, 0.2) is 0 Å². The normalized spacial score (nSPS) is 10.4. The average Bonchev–Trinajstić information content (AvgIpc) is 2.77. The number of carbonyl (C=O) groups excluding carboxylic acids is 1. The lowest BCUT2D eigenvalue weighted by molar-refractivity contribution is -0.131. The summed E-state index contributed by atoms with van der Waals surface area (Å²) in [5.41, 5.74) is 6.53. The van der Waals surface area contributed by atoms with Crippen LogP contribution in [0.5, 0.6) is 0 Å². The first-order chi connectivity index (χ1) is 9.04. The molecular weight excluding hydrogens is 264 g/mol. The summed E-state index contributed by atoms with van der Waals surface area (Å²) in [4.78, 5) is 13.6. The molecule has 0 atom stereocenters. The van der Waals surface area contributed by atoms with Crippen LogP contribution >= 0.6 is 11.6 Å². The summed E-state index contributed by atoms with van der Waals surface area (Å²) < 4.78 is 1.52. The van der Waals surface area contributed by atoms with Gasteiger partial charge in [0.05, 0.1) is 0 Å². The lowest BCUT2D eigenvalue weighted by Gasteiger charge is -2.17. The second-order valence-electron chi connectivity index (χ2n) is 4.31. The molecule has 0 spiro atoms. The van der Waals surface area contributed by atoms with Crippen molar-refractivity contribution in [3.05, 3.63) is 47.1 Å². The molecule has 0 saturated heterocycles. The first-order valence-electron chi connectivity index (χ1n) is 5.82. The number of nitrogen functional groups attached to an aromatic ring is 1. The standard InChI is InChI=1S/C13H15ClN4O/c1-17(8-10-2-4-11(14)5-3-10)13(19)9-18-7-6-12(15)16-18/h2-7H,8-9H2,1H3,(H2,15,16). The van der Waals surface area contributed by atoms with E-state index in [0.29, 0.717) is 17.4 Å². The molecule has 1 aromatic carbocycles. The zero-order valence-corrected chi connectivity index (χ0v) is 11.3. The van der Waals surface area contributed by atoms with E-state index in [1.807, 2.05) is 24.3 Å². The monoisotopic (exact) mass is 278 g/mol. The zero-order chi connectivity index (χ0) is 13.8. The molecule has 0 unspecified atom stereocenters. The maximum absolute atomic E-state index is 12.0. The quantitative estimate of drug-likeness (QED) is 0.927. The summed E-state index contributed by atoms with van der Waals surface area (Å²) in [5, 5.41) is 4.67. The van der Waals surface area contributed by atoms with Gasteiger partial charge in [0.25, 0.3) is 0 Å². The summed E-state index contributed by atoms with van der Waals surface area (Å²) >= 11 is 5.82. The molecule has 0 saturated carbocycles. The van der Waals surface area contributed by atoms with Gasteiger partial charge in [-0.15, -0.1) is 0 Å². The molecule has 0 aliphatic carbocycles. The minimum absolute atomic E-state index is 0.0296. The Bertz CT molecular complexity index is 564. The smallest absolute Gasteiger partial charge is 0.244 e. The lowest BCUT2D eigenvalue weighted by Crippen LogP contribution is -2.29. The number of nitrogens with zero attached hydrogens (tertiary/aromatic N) is 3. The molecule has 2 N–H and O–H groups in total. The van der Waals surface area contributed by atoms with Crippen LogP contribution in [-0.2, 0) is 17.9 Å². The van der Waals surface area contributed by atoms with E-state index in [4.69, 9.17) is 17.3 Å². The van der Waals surface area contributed by atoms with Crippen molar-refractivity contribution in [2.24, 2.45) is 0 Å². The van der Waals surface area contributed by atoms with Gasteiger partial charge in [-0.2, -0.15) is 5.10 Å². The number of amides is 1. The fourth-order valence-corrected chi connectivity index (χ4v) is 1.80. The van der Waals surface area contributed by atoms with Crippen LogP contribution in [0.2, 0.25) is 5.02 Å². The molecule has 2 aromatic rings. The lowest BCUT2D eigenvalue weighted by atomic mass is 10.2. The fourth-order valence-electron chi connectivity index (χ4n) is 1.68. The third-order valence-electron chi connectivity index (χ3n) is 2.72. The predicted octanol–water partition coefficient (Wildman–Crippen LogP) is 1.78. The van der Waals surface area contributed by atoms with E-state index < -0.39 is 0 Å². The first kappa shape index (κ1) is 13.4. The van der Waals surface area contributed by atoms with Crippen LogP contribution in [0.15, 0.2) is 36.5 Å². The summed E-state index contributed by atoms with van der Waals surface area (Å²) in [7, 11) is 1.75. The third kappa shape index (κ3) is 3.72. The maximum atomic E-state index is 12.0. The van der Waals surface area contributed by atoms with Gasteiger partial charge in [-0.3, -0.25) is 9.48 Å². The highest BCUT2D eigenvalue weighted by atomic mass is 35.5. The van der Waals surface area contributed by atoms with E-state index >= 15 is 0 Å². The minimum Gasteiger partial charge on any atom is -0.382 e. The van der Waals surface area contributed by atoms with Crippen LogP contribution in [0.4, 0.5) is 5.82 Å². The highest BCUT2D eigenvalue weighted by Crippen LogP contribution is 2.11. The number of hydrogen-bond acceptors (Lipinski definition) is 3. The van der Waals surface area contributed by atoms with Crippen LogP contribution in [0.3, 0.4) is 0 Å². The van der Waals surface area contributed by atoms with Crippen molar-refractivity contribution in [3.63, 3.8) is 0 Å². The third-order valence-corrected chi connectivity index (χ3v) is 2.97. The number of rotatable bonds is 4. The van der Waals surface area contributed by atoms with E-state index in [2.05, 4.69) is 5.10 Å². The van der Waals surface area contributed by atoms with Crippen LogP contribution in [-0.4, -0.2) is 27.6 Å². The van der Waals surface area contributed by atoms with Crippen molar-refractivity contribution in [1.29, 1.82) is 0 Å². The van der Waals surface area contributed by atoms with Crippen molar-refractivity contribution in [3.8, 4) is 0 Å². The highest BCUT2D eigenvalue weighted by molar-refractivity contribution is 6.30. The van der Waals surface area contributed by atoms with Crippen molar-refractivity contribution in [2.75, 3.05) is 12.8 Å². The number of carbonyl (C=O) groups is 1. The molecule has 0 aliphatic heterocycles. The summed E-state index contributed by atoms with van der Waals surface area (Å²) in [6, 6.07) is 9.08. The number of nitrogens with two attached hydrogens (primary N) is 1. The molecule has 2 rings (SSSR count). The molecule has 6 heteroatoms. The van der Waals surface area contributed by atoms with Crippen molar-refractivity contribution >= 4 is 23.3 Å². The number of likely N-dealkylation sites (N-methyl/N-ethyl adjacent to an activating group) is 1. The Balaban J connectivity index is 1.94. The summed E-state index contributed by atoms with van der Waals surface area (Å²) in [6.45, 7) is 0.716. The zero-order valence-electron chi connectivity index (χ0n) is 10.6. The van der Waals surface area contributed by atoms with Crippen LogP contribution in [0.1, 0.15) is 5.56 Å². The van der Waals surface area contributed by atoms with Crippen molar-refractivity contribution in [1.82, 2.24) is 14.7 Å². The molecule has 1 heterocycles. The Labute approximate surface area is 116 Å². The highest BCUT2D eigenvalue weighted by Gasteiger charge is 2.10. The van der Waals surface area contributed by atoms with Crippen LogP contribution < -0.4 is 5.73 Å². The largest absolute Gasteiger partial charge is 0.382 e. The second kappa shape index (κ2) is 5.75. The van der Waals surface area contributed by atoms with E-state index in [1.165, 1.54) is 4.68 Å². The molecule has 1 aromatic heterocycles. The van der Waals surface area contributed by atoms with E-state index in [0.717, 1.165) is 5.56 Å². The molecule has 0 aliphatic rings. The van der Waals surface area contributed by atoms with Gasteiger partial charge in [-0.05, 0) is 23.8 Å². The first-order valence-corrected chi connectivity index (χ1v) is 6.20. The minimum atomic E-state index is -0.0296. The molecule has 5 nitrogen and oxygen atoms in total. The average molecular weight is 279 g/mol. The Kier molecular flexibility index (Phi) is 4.06. The van der Waals surface area contributed by atoms with E-state index in [1.54, 1.807) is 24.2 Å². The van der Waals surface area contributed by atoms with Gasteiger partial charge >= 0.3 is 0 Å². The van der Waals surface area contributed by atoms with Gasteiger partial charge in [0.1, 0.15) is 12.4 Å². The van der Waals surface area contributed by atoms with Crippen LogP contribution in [0.25, 0.3) is 0 Å². The Morgan fingerprint density at radius 3 is 2.63 bits per heavy atom. The van der Waals surface area contributed by atoms with E-state index in [-0.39, 0.29) is 12.5 Å². The number of anilines is 1. The van der Waals surface area contributed by atoms with Gasteiger partial charge in [-0.1, -0.05) is 23.7 Å². The number of benzene rings is 1. The molecule has 0 fully saturated rings. The van der Waals surface area contributed by atoms with Crippen molar-refractivity contribution < 1.29 is 4.79 Å². The molecule has 0 radical (unpaired) electrons. The SMILES string of the molecule is CN(Cc1ccc(Cl)cc1)C(=O)Cn1ccc(N)n1. The van der Waals surface area contributed by atoms with Crippen LogP contribution in [0, 0.1) is 0 Å². The predicted molar refractivity (Wildman–Crippen MR) is 74.6 cm³/mol. The van der Waals surface area contributed by atoms with Gasteiger partial charge < -0.3 is 10.6 Å². The summed E-state index contributed by atoms with van der Waals surface area (Å²) in [5.74, 6) is 0.381. The molecule has 19 heavy (non-hydrogen) atoms. The Morgan fingerprint density at radius 1 is 1.37 bits per heavy atom. The number of halogens is 1. The van der Waals surface area contributed by atoms with E-state index in [9.17, 15) is 4.79 Å². The molecular formula is C13H15ClN4O. The van der Waals surface area contributed by atoms with Gasteiger partial charge in [0.2, 0.25) is 5.91 Å². The Morgan fingerprint density at radius 2 is 2.05 bits per heavy atom. The molecule has 0 bridgehead atoms. The fraction of sp³-hybridized carbons (Fsp3) is 0.231. The number of aromatic nitrogens is 2. The Hall–Kier alpha value is -2.01. The maximum Gasteiger partial charge on any atom is 0.244 e. The van der Waals surface area contributed by atoms with Crippen molar-refractivity contribution in [2.45, 2.75) is 13.1 Å². The topological polar surface area (TPSA) is 64.2 Å². The second-order valence-corrected chi connectivity index (χ2v) is 4.75. The number of hydrogen-bond donors (Lipinski definition) is 1. The summed E-state index contributed by atoms with van der Waals surface area (Å²) in [6.07, 6.45) is 1.68. The van der Waals surface area contributed by atoms with Gasteiger partial charge in [0, 0.05) is 24.8 Å². The molecule has 100 valence electrons. The molecule has 1 amide bonds.